The minimum absolute atomic E-state index is 0.0979. The minimum atomic E-state index is -0.256. The zero-order chi connectivity index (χ0) is 20.1. The number of halogens is 2. The Hall–Kier alpha value is -2.42. The number of thioether (sulfide) groups is 1. The first-order valence-electron chi connectivity index (χ1n) is 8.17. The summed E-state index contributed by atoms with van der Waals surface area (Å²) in [5.74, 6) is 7.27. The molecule has 0 atom stereocenters. The molecule has 0 unspecified atom stereocenters. The fourth-order valence-electron chi connectivity index (χ4n) is 2.37. The van der Waals surface area contributed by atoms with Gasteiger partial charge in [-0.2, -0.15) is 0 Å². The Kier molecular flexibility index (Phi) is 6.66. The van der Waals surface area contributed by atoms with Gasteiger partial charge in [-0.25, -0.2) is 4.68 Å². The maximum absolute atomic E-state index is 12.2. The molecule has 0 bridgehead atoms. The van der Waals surface area contributed by atoms with Gasteiger partial charge in [0.1, 0.15) is 5.75 Å². The molecule has 1 heterocycles. The van der Waals surface area contributed by atoms with Gasteiger partial charge in [0.2, 0.25) is 11.1 Å². The molecule has 0 saturated carbocycles. The Morgan fingerprint density at radius 2 is 1.96 bits per heavy atom. The van der Waals surface area contributed by atoms with E-state index in [9.17, 15) is 4.79 Å². The van der Waals surface area contributed by atoms with Crippen molar-refractivity contribution in [1.29, 1.82) is 0 Å². The Labute approximate surface area is 176 Å². The number of nitrogens with one attached hydrogen (secondary N) is 1. The van der Waals surface area contributed by atoms with E-state index in [1.807, 2.05) is 24.3 Å². The molecule has 3 rings (SSSR count). The normalized spacial score (nSPS) is 10.7. The second-order valence-electron chi connectivity index (χ2n) is 5.73. The quantitative estimate of drug-likeness (QED) is 0.432. The van der Waals surface area contributed by atoms with Crippen molar-refractivity contribution in [2.45, 2.75) is 11.6 Å². The summed E-state index contributed by atoms with van der Waals surface area (Å²) in [6.45, 7) is 0. The number of aromatic nitrogens is 3. The van der Waals surface area contributed by atoms with Crippen LogP contribution < -0.4 is 15.9 Å². The molecule has 0 aliphatic rings. The Morgan fingerprint density at radius 3 is 2.68 bits per heavy atom. The molecule has 2 aromatic carbocycles. The third kappa shape index (κ3) is 4.89. The summed E-state index contributed by atoms with van der Waals surface area (Å²) < 4.78 is 6.53. The number of nitrogens with two attached hydrogens (primary N) is 1. The number of amides is 1. The van der Waals surface area contributed by atoms with Crippen LogP contribution in [0.15, 0.2) is 47.6 Å². The maximum atomic E-state index is 12.2. The standard InChI is InChI=1S/C18H17Cl2N5O2S/c1-27-12-7-5-11(6-8-12)9-15-23-24-18(25(15)21)28-10-16(26)22-14-4-2-3-13(19)17(14)20/h2-8H,9-10,21H2,1H3,(H,22,26). The van der Waals surface area contributed by atoms with Crippen molar-refractivity contribution in [3.63, 3.8) is 0 Å². The summed E-state index contributed by atoms with van der Waals surface area (Å²) in [6, 6.07) is 12.6. The van der Waals surface area contributed by atoms with Gasteiger partial charge in [0.25, 0.3) is 0 Å². The van der Waals surface area contributed by atoms with Crippen LogP contribution in [0.1, 0.15) is 11.4 Å². The highest BCUT2D eigenvalue weighted by Crippen LogP contribution is 2.29. The summed E-state index contributed by atoms with van der Waals surface area (Å²) in [6.07, 6.45) is 0.512. The number of methoxy groups -OCH3 is 1. The summed E-state index contributed by atoms with van der Waals surface area (Å²) >= 11 is 13.2. The van der Waals surface area contributed by atoms with Crippen LogP contribution in [-0.2, 0) is 11.2 Å². The lowest BCUT2D eigenvalue weighted by molar-refractivity contribution is -0.113. The largest absolute Gasteiger partial charge is 0.497 e. The molecule has 0 saturated heterocycles. The van der Waals surface area contributed by atoms with E-state index in [1.165, 1.54) is 16.4 Å². The minimum Gasteiger partial charge on any atom is -0.497 e. The Morgan fingerprint density at radius 1 is 1.21 bits per heavy atom. The number of rotatable bonds is 7. The predicted octanol–water partition coefficient (Wildman–Crippen LogP) is 3.63. The molecule has 3 aromatic rings. The number of nitrogens with zero attached hydrogens (tertiary/aromatic N) is 3. The van der Waals surface area contributed by atoms with Crippen molar-refractivity contribution in [2.24, 2.45) is 0 Å². The van der Waals surface area contributed by atoms with Crippen LogP contribution in [0.2, 0.25) is 10.0 Å². The van der Waals surface area contributed by atoms with E-state index in [0.717, 1.165) is 11.3 Å². The fraction of sp³-hybridized carbons (Fsp3) is 0.167. The van der Waals surface area contributed by atoms with E-state index in [1.54, 1.807) is 25.3 Å². The highest BCUT2D eigenvalue weighted by atomic mass is 35.5. The summed E-state index contributed by atoms with van der Waals surface area (Å²) in [5.41, 5.74) is 1.47. The van der Waals surface area contributed by atoms with E-state index in [4.69, 9.17) is 33.8 Å². The molecule has 7 nitrogen and oxygen atoms in total. The average molecular weight is 438 g/mol. The molecule has 0 aliphatic carbocycles. The van der Waals surface area contributed by atoms with Gasteiger partial charge in [-0.3, -0.25) is 4.79 Å². The van der Waals surface area contributed by atoms with Gasteiger partial charge >= 0.3 is 0 Å². The lowest BCUT2D eigenvalue weighted by Crippen LogP contribution is -2.17. The predicted molar refractivity (Wildman–Crippen MR) is 112 cm³/mol. The lowest BCUT2D eigenvalue weighted by Gasteiger charge is -2.08. The summed E-state index contributed by atoms with van der Waals surface area (Å²) in [5, 5.41) is 12.0. The molecular formula is C18H17Cl2N5O2S. The second-order valence-corrected chi connectivity index (χ2v) is 7.46. The molecule has 3 N–H and O–H groups in total. The van der Waals surface area contributed by atoms with Crippen LogP contribution in [0.5, 0.6) is 5.75 Å². The third-order valence-corrected chi connectivity index (χ3v) is 5.58. The number of hydrogen-bond acceptors (Lipinski definition) is 6. The van der Waals surface area contributed by atoms with Gasteiger partial charge in [0, 0.05) is 6.42 Å². The molecule has 28 heavy (non-hydrogen) atoms. The van der Waals surface area contributed by atoms with Crippen LogP contribution in [0, 0.1) is 0 Å². The lowest BCUT2D eigenvalue weighted by atomic mass is 10.1. The topological polar surface area (TPSA) is 95.1 Å². The Balaban J connectivity index is 1.59. The number of carbonyl (C=O) groups is 1. The molecular weight excluding hydrogens is 421 g/mol. The zero-order valence-corrected chi connectivity index (χ0v) is 17.2. The summed E-state index contributed by atoms with van der Waals surface area (Å²) in [4.78, 5) is 12.2. The van der Waals surface area contributed by atoms with Gasteiger partial charge in [0.15, 0.2) is 5.82 Å². The Bertz CT molecular complexity index is 979. The van der Waals surface area contributed by atoms with Crippen LogP contribution in [0.4, 0.5) is 5.69 Å². The smallest absolute Gasteiger partial charge is 0.234 e. The number of hydrogen-bond donors (Lipinski definition) is 2. The van der Waals surface area contributed by atoms with Gasteiger partial charge in [-0.05, 0) is 29.8 Å². The van der Waals surface area contributed by atoms with Gasteiger partial charge in [0.05, 0.1) is 28.6 Å². The maximum Gasteiger partial charge on any atom is 0.234 e. The van der Waals surface area contributed by atoms with Crippen LogP contribution in [-0.4, -0.2) is 33.6 Å². The van der Waals surface area contributed by atoms with Crippen molar-refractivity contribution >= 4 is 46.6 Å². The number of anilines is 1. The second kappa shape index (κ2) is 9.18. The van der Waals surface area contributed by atoms with Crippen molar-refractivity contribution in [3.8, 4) is 5.75 Å². The fourth-order valence-corrected chi connectivity index (χ4v) is 3.39. The van der Waals surface area contributed by atoms with E-state index in [0.29, 0.717) is 33.1 Å². The number of nitrogen functional groups attached to an aromatic ring is 1. The average Bonchev–Trinajstić information content (AvgIpc) is 3.04. The first kappa shape index (κ1) is 20.3. The first-order chi connectivity index (χ1) is 13.5. The van der Waals surface area contributed by atoms with Crippen molar-refractivity contribution in [2.75, 3.05) is 24.0 Å². The van der Waals surface area contributed by atoms with E-state index in [-0.39, 0.29) is 11.7 Å². The van der Waals surface area contributed by atoms with E-state index >= 15 is 0 Å². The van der Waals surface area contributed by atoms with Crippen molar-refractivity contribution in [1.82, 2.24) is 14.9 Å². The molecule has 0 fully saturated rings. The van der Waals surface area contributed by atoms with Crippen molar-refractivity contribution in [3.05, 3.63) is 63.9 Å². The molecule has 10 heteroatoms. The number of carbonyl (C=O) groups excluding carboxylic acids is 1. The highest BCUT2D eigenvalue weighted by molar-refractivity contribution is 7.99. The molecule has 0 aliphatic heterocycles. The van der Waals surface area contributed by atoms with Crippen LogP contribution >= 0.6 is 35.0 Å². The first-order valence-corrected chi connectivity index (χ1v) is 9.91. The highest BCUT2D eigenvalue weighted by Gasteiger charge is 2.14. The monoisotopic (exact) mass is 437 g/mol. The van der Waals surface area contributed by atoms with E-state index < -0.39 is 0 Å². The molecule has 0 radical (unpaired) electrons. The SMILES string of the molecule is COc1ccc(Cc2nnc(SCC(=O)Nc3cccc(Cl)c3Cl)n2N)cc1. The van der Waals surface area contributed by atoms with Crippen LogP contribution in [0.25, 0.3) is 0 Å². The molecule has 1 aromatic heterocycles. The van der Waals surface area contributed by atoms with E-state index in [2.05, 4.69) is 15.5 Å². The van der Waals surface area contributed by atoms with Crippen LogP contribution in [0.3, 0.4) is 0 Å². The van der Waals surface area contributed by atoms with Gasteiger partial charge in [-0.15, -0.1) is 10.2 Å². The molecule has 0 spiro atoms. The third-order valence-electron chi connectivity index (χ3n) is 3.81. The summed E-state index contributed by atoms with van der Waals surface area (Å²) in [7, 11) is 1.62. The zero-order valence-electron chi connectivity index (χ0n) is 14.9. The number of benzene rings is 2. The molecule has 1 amide bonds. The molecule has 146 valence electrons. The number of ether oxygens (including phenoxy) is 1. The van der Waals surface area contributed by atoms with Crippen molar-refractivity contribution < 1.29 is 9.53 Å². The van der Waals surface area contributed by atoms with Gasteiger partial charge in [-0.1, -0.05) is 53.2 Å². The van der Waals surface area contributed by atoms with Gasteiger partial charge < -0.3 is 15.9 Å².